The number of aromatic amines is 1. The molecule has 172 valence electrons. The number of rotatable bonds is 5. The Bertz CT molecular complexity index is 1110. The van der Waals surface area contributed by atoms with Gasteiger partial charge >= 0.3 is 12.1 Å². The van der Waals surface area contributed by atoms with Crippen molar-refractivity contribution in [1.29, 1.82) is 0 Å². The molecule has 4 rings (SSSR count). The zero-order valence-electron chi connectivity index (χ0n) is 17.3. The molecule has 1 aromatic carbocycles. The number of fused-ring (bicyclic) bond motifs is 2. The van der Waals surface area contributed by atoms with Gasteiger partial charge in [0.25, 0.3) is 5.91 Å². The third-order valence-electron chi connectivity index (χ3n) is 4.95. The number of benzene rings is 1. The molecule has 2 aromatic heterocycles. The predicted molar refractivity (Wildman–Crippen MR) is 109 cm³/mol. The molecule has 1 aliphatic rings. The molecule has 1 aliphatic heterocycles. The summed E-state index contributed by atoms with van der Waals surface area (Å²) in [6.45, 7) is 5.08. The number of carbonyl (C=O) groups is 2. The number of aryl methyl sites for hydroxylation is 2. The van der Waals surface area contributed by atoms with Gasteiger partial charge in [-0.25, -0.2) is 9.78 Å². The minimum atomic E-state index is -5.08. The van der Waals surface area contributed by atoms with Gasteiger partial charge in [0.05, 0.1) is 11.0 Å². The average molecular weight is 452 g/mol. The number of carboxylic acid groups (broad SMARTS) is 1. The molecule has 0 aliphatic carbocycles. The molecule has 4 N–H and O–H groups in total. The maximum atomic E-state index is 12.4. The Labute approximate surface area is 181 Å². The van der Waals surface area contributed by atoms with Crippen LogP contribution in [0.2, 0.25) is 0 Å². The molecular formula is C20H23F3N6O3. The van der Waals surface area contributed by atoms with Gasteiger partial charge in [-0.1, -0.05) is 12.1 Å². The maximum Gasteiger partial charge on any atom is 0.490 e. The molecule has 9 nitrogen and oxygen atoms in total. The fourth-order valence-electron chi connectivity index (χ4n) is 3.41. The Morgan fingerprint density at radius 2 is 2.00 bits per heavy atom. The lowest BCUT2D eigenvalue weighted by atomic mass is 10.1. The quantitative estimate of drug-likeness (QED) is 0.440. The predicted octanol–water partition coefficient (Wildman–Crippen LogP) is 2.17. The number of para-hydroxylation sites is 2. The molecule has 32 heavy (non-hydrogen) atoms. The second-order valence-electron chi connectivity index (χ2n) is 7.17. The van der Waals surface area contributed by atoms with Crippen LogP contribution >= 0.6 is 0 Å². The van der Waals surface area contributed by atoms with Gasteiger partial charge in [0, 0.05) is 43.9 Å². The molecule has 0 saturated carbocycles. The molecule has 0 atom stereocenters. The number of carboxylic acids is 1. The van der Waals surface area contributed by atoms with Crippen LogP contribution in [-0.4, -0.2) is 56.0 Å². The molecule has 0 radical (unpaired) electrons. The number of nitrogens with one attached hydrogen (secondary N) is 3. The van der Waals surface area contributed by atoms with Gasteiger partial charge in [-0.3, -0.25) is 9.89 Å². The largest absolute Gasteiger partial charge is 0.490 e. The van der Waals surface area contributed by atoms with E-state index in [4.69, 9.17) is 9.90 Å². The van der Waals surface area contributed by atoms with E-state index in [9.17, 15) is 18.0 Å². The van der Waals surface area contributed by atoms with Crippen molar-refractivity contribution in [3.05, 3.63) is 47.0 Å². The molecule has 0 saturated heterocycles. The Morgan fingerprint density at radius 1 is 1.28 bits per heavy atom. The number of aromatic nitrogens is 4. The summed E-state index contributed by atoms with van der Waals surface area (Å²) in [7, 11) is 0. The van der Waals surface area contributed by atoms with E-state index >= 15 is 0 Å². The van der Waals surface area contributed by atoms with E-state index in [1.807, 2.05) is 25.1 Å². The lowest BCUT2D eigenvalue weighted by molar-refractivity contribution is -0.192. The van der Waals surface area contributed by atoms with E-state index < -0.39 is 12.1 Å². The summed E-state index contributed by atoms with van der Waals surface area (Å²) in [4.78, 5) is 25.8. The first-order valence-electron chi connectivity index (χ1n) is 9.95. The molecule has 1 amide bonds. The number of H-pyrrole nitrogens is 1. The second-order valence-corrected chi connectivity index (χ2v) is 7.17. The van der Waals surface area contributed by atoms with Crippen molar-refractivity contribution < 1.29 is 27.9 Å². The van der Waals surface area contributed by atoms with Gasteiger partial charge < -0.3 is 20.3 Å². The van der Waals surface area contributed by atoms with Crippen molar-refractivity contribution in [3.8, 4) is 0 Å². The summed E-state index contributed by atoms with van der Waals surface area (Å²) in [5.74, 6) is -1.86. The lowest BCUT2D eigenvalue weighted by Crippen LogP contribution is -2.29. The van der Waals surface area contributed by atoms with Gasteiger partial charge in [-0.2, -0.15) is 18.3 Å². The van der Waals surface area contributed by atoms with Crippen LogP contribution < -0.4 is 10.6 Å². The lowest BCUT2D eigenvalue weighted by Gasteiger charge is -2.13. The number of halogens is 3. The van der Waals surface area contributed by atoms with Gasteiger partial charge in [0.15, 0.2) is 5.69 Å². The SMILES string of the molecule is Cc1nc2ccccc2n1CCCNC(=O)c1n[nH]c2c1CNCC2.O=C(O)C(F)(F)F. The highest BCUT2D eigenvalue weighted by Gasteiger charge is 2.38. The van der Waals surface area contributed by atoms with Crippen molar-refractivity contribution in [2.75, 3.05) is 13.1 Å². The van der Waals surface area contributed by atoms with Crippen LogP contribution in [0.1, 0.15) is 34.0 Å². The normalized spacial score (nSPS) is 13.2. The summed E-state index contributed by atoms with van der Waals surface area (Å²) in [6.07, 6.45) is -3.35. The standard InChI is InChI=1S/C18H22N6O.C2HF3O2/c1-12-21-15-5-2-3-6-16(15)24(12)10-4-8-20-18(25)17-13-11-19-9-7-14(13)22-23-17;3-2(4,5)1(6)7/h2-3,5-6,19H,4,7-11H2,1H3,(H,20,25)(H,22,23);(H,6,7). The fraction of sp³-hybridized carbons (Fsp3) is 0.400. The van der Waals surface area contributed by atoms with Crippen LogP contribution in [0.25, 0.3) is 11.0 Å². The summed E-state index contributed by atoms with van der Waals surface area (Å²) in [5.41, 5.74) is 4.74. The Hall–Kier alpha value is -3.41. The van der Waals surface area contributed by atoms with Gasteiger partial charge in [-0.15, -0.1) is 0 Å². The van der Waals surface area contributed by atoms with Crippen molar-refractivity contribution in [2.45, 2.75) is 39.0 Å². The topological polar surface area (TPSA) is 125 Å². The Morgan fingerprint density at radius 3 is 2.72 bits per heavy atom. The fourth-order valence-corrected chi connectivity index (χ4v) is 3.41. The first-order chi connectivity index (χ1) is 15.2. The summed E-state index contributed by atoms with van der Waals surface area (Å²) >= 11 is 0. The number of aliphatic carboxylic acids is 1. The number of nitrogens with zero attached hydrogens (tertiary/aromatic N) is 3. The molecule has 0 spiro atoms. The first kappa shape index (κ1) is 23.3. The molecule has 0 bridgehead atoms. The van der Waals surface area contributed by atoms with Crippen LogP contribution in [-0.2, 0) is 24.3 Å². The van der Waals surface area contributed by atoms with E-state index in [0.717, 1.165) is 54.0 Å². The van der Waals surface area contributed by atoms with Crippen molar-refractivity contribution in [1.82, 2.24) is 30.4 Å². The minimum Gasteiger partial charge on any atom is -0.475 e. The molecule has 3 heterocycles. The summed E-state index contributed by atoms with van der Waals surface area (Å²) < 4.78 is 33.9. The van der Waals surface area contributed by atoms with E-state index in [2.05, 4.69) is 36.4 Å². The summed E-state index contributed by atoms with van der Waals surface area (Å²) in [6, 6.07) is 8.13. The monoisotopic (exact) mass is 452 g/mol. The van der Waals surface area contributed by atoms with E-state index in [0.29, 0.717) is 18.8 Å². The van der Waals surface area contributed by atoms with Crippen LogP contribution in [0.4, 0.5) is 13.2 Å². The third kappa shape index (κ3) is 5.44. The number of alkyl halides is 3. The number of hydrogen-bond acceptors (Lipinski definition) is 5. The van der Waals surface area contributed by atoms with Crippen molar-refractivity contribution in [2.24, 2.45) is 0 Å². The van der Waals surface area contributed by atoms with Gasteiger partial charge in [0.1, 0.15) is 5.82 Å². The van der Waals surface area contributed by atoms with E-state index in [1.54, 1.807) is 0 Å². The van der Waals surface area contributed by atoms with Crippen LogP contribution in [0.15, 0.2) is 24.3 Å². The first-order valence-corrected chi connectivity index (χ1v) is 9.95. The van der Waals surface area contributed by atoms with Crippen molar-refractivity contribution in [3.63, 3.8) is 0 Å². The minimum absolute atomic E-state index is 0.103. The van der Waals surface area contributed by atoms with Crippen molar-refractivity contribution >= 4 is 22.9 Å². The maximum absolute atomic E-state index is 12.4. The highest BCUT2D eigenvalue weighted by atomic mass is 19.4. The van der Waals surface area contributed by atoms with Crippen LogP contribution in [0.5, 0.6) is 0 Å². The highest BCUT2D eigenvalue weighted by Crippen LogP contribution is 2.17. The number of carbonyl (C=O) groups excluding carboxylic acids is 1. The molecule has 12 heteroatoms. The number of imidazole rings is 1. The smallest absolute Gasteiger partial charge is 0.475 e. The second kappa shape index (κ2) is 9.81. The van der Waals surface area contributed by atoms with E-state index in [1.165, 1.54) is 0 Å². The zero-order chi connectivity index (χ0) is 23.3. The third-order valence-corrected chi connectivity index (χ3v) is 4.95. The van der Waals surface area contributed by atoms with Crippen LogP contribution in [0, 0.1) is 6.92 Å². The van der Waals surface area contributed by atoms with E-state index in [-0.39, 0.29) is 5.91 Å². The zero-order valence-corrected chi connectivity index (χ0v) is 17.3. The number of hydrogen-bond donors (Lipinski definition) is 4. The average Bonchev–Trinajstić information content (AvgIpc) is 3.31. The Kier molecular flexibility index (Phi) is 7.13. The molecule has 3 aromatic rings. The van der Waals surface area contributed by atoms with Gasteiger partial charge in [0.2, 0.25) is 0 Å². The molecule has 0 unspecified atom stereocenters. The highest BCUT2D eigenvalue weighted by molar-refractivity contribution is 5.94. The number of amides is 1. The summed E-state index contributed by atoms with van der Waals surface area (Å²) in [5, 5.41) is 20.6. The molecule has 0 fully saturated rings. The molecular weight excluding hydrogens is 429 g/mol. The Balaban J connectivity index is 0.000000360. The van der Waals surface area contributed by atoms with Crippen LogP contribution in [0.3, 0.4) is 0 Å². The van der Waals surface area contributed by atoms with Gasteiger partial charge in [-0.05, 0) is 25.5 Å².